The second-order valence-corrected chi connectivity index (χ2v) is 10.1. The van der Waals surface area contributed by atoms with Gasteiger partial charge in [-0.3, -0.25) is 19.3 Å². The Morgan fingerprint density at radius 1 is 1.02 bits per heavy atom. The van der Waals surface area contributed by atoms with Gasteiger partial charge in [-0.05, 0) is 73.5 Å². The van der Waals surface area contributed by atoms with E-state index in [4.69, 9.17) is 5.73 Å². The molecule has 11 nitrogen and oxygen atoms in total. The monoisotopic (exact) mass is 566 g/mol. The number of nitrogens with one attached hydrogen (secondary N) is 4. The van der Waals surface area contributed by atoms with E-state index in [0.717, 1.165) is 16.8 Å². The van der Waals surface area contributed by atoms with Crippen LogP contribution in [0.3, 0.4) is 0 Å². The maximum atomic E-state index is 13.6. The molecule has 3 amide bonds. The third-order valence-corrected chi connectivity index (χ3v) is 7.33. The first-order valence-corrected chi connectivity index (χ1v) is 13.3. The zero-order valence-electron chi connectivity index (χ0n) is 22.4. The van der Waals surface area contributed by atoms with Gasteiger partial charge in [-0.25, -0.2) is 14.4 Å². The van der Waals surface area contributed by atoms with Crippen LogP contribution in [0.25, 0.3) is 11.0 Å². The summed E-state index contributed by atoms with van der Waals surface area (Å²) in [4.78, 5) is 54.2. The molecule has 0 bridgehead atoms. The predicted octanol–water partition coefficient (Wildman–Crippen LogP) is 4.07. The lowest BCUT2D eigenvalue weighted by Gasteiger charge is -2.26. The second kappa shape index (κ2) is 10.8. The standard InChI is InChI=1S/C30H27FN8O3/c31-18-1-5-21(6-2-18)39(29(42)30(11-12-30)28(32)41)22-7-3-19(4-8-22)37-24-10-14-34-26-23(24)15-25(38-26)27(40)35-13-9-20-16-33-17-36-20/h1-8,10,14-17H,9,11-13H2,(H2,32,41)(H,33,36)(H,35,40)(H2,34,37,38). The summed E-state index contributed by atoms with van der Waals surface area (Å²) in [6.07, 6.45) is 6.31. The van der Waals surface area contributed by atoms with E-state index in [0.29, 0.717) is 54.2 Å². The summed E-state index contributed by atoms with van der Waals surface area (Å²) >= 11 is 0. The maximum absolute atomic E-state index is 13.6. The molecule has 0 radical (unpaired) electrons. The van der Waals surface area contributed by atoms with Gasteiger partial charge in [0.2, 0.25) is 11.8 Å². The van der Waals surface area contributed by atoms with Crippen molar-refractivity contribution in [3.8, 4) is 0 Å². The minimum atomic E-state index is -1.26. The number of halogens is 1. The number of benzene rings is 2. The van der Waals surface area contributed by atoms with Gasteiger partial charge in [-0.2, -0.15) is 0 Å². The highest BCUT2D eigenvalue weighted by Gasteiger charge is 2.57. The van der Waals surface area contributed by atoms with Gasteiger partial charge in [-0.15, -0.1) is 0 Å². The lowest BCUT2D eigenvalue weighted by Crippen LogP contribution is -2.41. The third kappa shape index (κ3) is 5.17. The van der Waals surface area contributed by atoms with E-state index in [-0.39, 0.29) is 5.91 Å². The minimum Gasteiger partial charge on any atom is -0.369 e. The summed E-state index contributed by atoms with van der Waals surface area (Å²) in [5, 5.41) is 6.94. The summed E-state index contributed by atoms with van der Waals surface area (Å²) in [6, 6.07) is 16.0. The van der Waals surface area contributed by atoms with Crippen LogP contribution in [-0.2, 0) is 16.0 Å². The highest BCUT2D eigenvalue weighted by atomic mass is 19.1. The van der Waals surface area contributed by atoms with Gasteiger partial charge in [-0.1, -0.05) is 0 Å². The molecular formula is C30H27FN8O3. The molecule has 3 aromatic heterocycles. The van der Waals surface area contributed by atoms with E-state index in [1.807, 2.05) is 0 Å². The number of carbonyl (C=O) groups is 3. The van der Waals surface area contributed by atoms with Crippen LogP contribution in [0.2, 0.25) is 0 Å². The Morgan fingerprint density at radius 3 is 2.38 bits per heavy atom. The van der Waals surface area contributed by atoms with E-state index < -0.39 is 23.0 Å². The van der Waals surface area contributed by atoms with Gasteiger partial charge in [0.1, 0.15) is 22.6 Å². The van der Waals surface area contributed by atoms with E-state index in [1.165, 1.54) is 29.2 Å². The minimum absolute atomic E-state index is 0.252. The molecule has 6 rings (SSSR count). The van der Waals surface area contributed by atoms with Crippen molar-refractivity contribution >= 4 is 51.5 Å². The molecule has 3 heterocycles. The molecule has 1 aliphatic rings. The Hall–Kier alpha value is -5.52. The molecule has 12 heteroatoms. The van der Waals surface area contributed by atoms with Gasteiger partial charge < -0.3 is 26.3 Å². The molecule has 0 unspecified atom stereocenters. The molecule has 212 valence electrons. The molecule has 0 atom stereocenters. The van der Waals surface area contributed by atoms with Gasteiger partial charge in [0, 0.05) is 53.5 Å². The normalized spacial score (nSPS) is 13.5. The maximum Gasteiger partial charge on any atom is 0.267 e. The summed E-state index contributed by atoms with van der Waals surface area (Å²) in [6.45, 7) is 0.444. The van der Waals surface area contributed by atoms with E-state index in [9.17, 15) is 18.8 Å². The van der Waals surface area contributed by atoms with Crippen molar-refractivity contribution in [1.29, 1.82) is 0 Å². The molecule has 6 N–H and O–H groups in total. The number of imidazole rings is 1. The quantitative estimate of drug-likeness (QED) is 0.160. The second-order valence-electron chi connectivity index (χ2n) is 10.1. The fraction of sp³-hybridized carbons (Fsp3) is 0.167. The number of hydrogen-bond acceptors (Lipinski definition) is 6. The highest BCUT2D eigenvalue weighted by Crippen LogP contribution is 2.49. The number of fused-ring (bicyclic) bond motifs is 1. The fourth-order valence-electron chi connectivity index (χ4n) is 4.81. The predicted molar refractivity (Wildman–Crippen MR) is 155 cm³/mol. The molecule has 5 aromatic rings. The molecule has 1 aliphatic carbocycles. The number of anilines is 4. The summed E-state index contributed by atoms with van der Waals surface area (Å²) in [5.41, 5.74) is 8.52. The number of rotatable bonds is 10. The molecule has 1 fully saturated rings. The molecule has 0 spiro atoms. The Labute approximate surface area is 239 Å². The van der Waals surface area contributed by atoms with Crippen LogP contribution >= 0.6 is 0 Å². The van der Waals surface area contributed by atoms with Crippen molar-refractivity contribution in [3.05, 3.63) is 96.6 Å². The number of aromatic amines is 2. The number of carbonyl (C=O) groups excluding carboxylic acids is 3. The number of nitrogens with two attached hydrogens (primary N) is 1. The van der Waals surface area contributed by atoms with Crippen LogP contribution in [0.1, 0.15) is 29.0 Å². The molecular weight excluding hydrogens is 539 g/mol. The van der Waals surface area contributed by atoms with Crippen molar-refractivity contribution in [2.24, 2.45) is 11.1 Å². The first kappa shape index (κ1) is 26.7. The van der Waals surface area contributed by atoms with Crippen molar-refractivity contribution in [3.63, 3.8) is 0 Å². The fourth-order valence-corrected chi connectivity index (χ4v) is 4.81. The number of primary amides is 1. The average Bonchev–Trinajstić information content (AvgIpc) is 3.42. The SMILES string of the molecule is NC(=O)C1(C(=O)N(c2ccc(F)cc2)c2ccc(Nc3ccnc4[nH]c(C(=O)NCCc5cnc[nH]5)cc34)cc2)CC1. The third-order valence-electron chi connectivity index (χ3n) is 7.33. The van der Waals surface area contributed by atoms with Gasteiger partial charge >= 0.3 is 0 Å². The zero-order valence-corrected chi connectivity index (χ0v) is 22.4. The topological polar surface area (TPSA) is 162 Å². The van der Waals surface area contributed by atoms with Gasteiger partial charge in [0.25, 0.3) is 5.91 Å². The Bertz CT molecular complexity index is 1760. The smallest absolute Gasteiger partial charge is 0.267 e. The van der Waals surface area contributed by atoms with Crippen molar-refractivity contribution in [1.82, 2.24) is 25.3 Å². The number of hydrogen-bond donors (Lipinski definition) is 5. The number of nitrogens with zero attached hydrogens (tertiary/aromatic N) is 3. The Balaban J connectivity index is 1.21. The zero-order chi connectivity index (χ0) is 29.3. The largest absolute Gasteiger partial charge is 0.369 e. The first-order chi connectivity index (χ1) is 20.3. The van der Waals surface area contributed by atoms with Crippen LogP contribution in [0.15, 0.2) is 79.4 Å². The number of H-pyrrole nitrogens is 2. The lowest BCUT2D eigenvalue weighted by molar-refractivity contribution is -0.133. The van der Waals surface area contributed by atoms with Crippen LogP contribution in [-0.4, -0.2) is 44.2 Å². The molecule has 0 saturated heterocycles. The summed E-state index contributed by atoms with van der Waals surface area (Å²) in [5.74, 6) is -1.81. The van der Waals surface area contributed by atoms with Crippen molar-refractivity contribution < 1.29 is 18.8 Å². The van der Waals surface area contributed by atoms with E-state index >= 15 is 0 Å². The van der Waals surface area contributed by atoms with Crippen LogP contribution < -0.4 is 21.3 Å². The Morgan fingerprint density at radius 2 is 1.74 bits per heavy atom. The van der Waals surface area contributed by atoms with Crippen LogP contribution in [0, 0.1) is 11.2 Å². The van der Waals surface area contributed by atoms with Crippen LogP contribution in [0.5, 0.6) is 0 Å². The summed E-state index contributed by atoms with van der Waals surface area (Å²) in [7, 11) is 0. The van der Waals surface area contributed by atoms with Crippen molar-refractivity contribution in [2.75, 3.05) is 16.8 Å². The van der Waals surface area contributed by atoms with Crippen LogP contribution in [0.4, 0.5) is 27.1 Å². The van der Waals surface area contributed by atoms with E-state index in [2.05, 4.69) is 30.6 Å². The molecule has 0 aliphatic heterocycles. The van der Waals surface area contributed by atoms with E-state index in [1.54, 1.807) is 55.1 Å². The first-order valence-electron chi connectivity index (χ1n) is 13.3. The highest BCUT2D eigenvalue weighted by molar-refractivity contribution is 6.16. The number of pyridine rings is 1. The molecule has 1 saturated carbocycles. The number of aromatic nitrogens is 4. The lowest BCUT2D eigenvalue weighted by atomic mass is 10.0. The summed E-state index contributed by atoms with van der Waals surface area (Å²) < 4.78 is 13.6. The van der Waals surface area contributed by atoms with Gasteiger partial charge in [0.15, 0.2) is 0 Å². The van der Waals surface area contributed by atoms with Gasteiger partial charge in [0.05, 0.1) is 12.0 Å². The molecule has 2 aromatic carbocycles. The van der Waals surface area contributed by atoms with Crippen molar-refractivity contribution in [2.45, 2.75) is 19.3 Å². The average molecular weight is 567 g/mol. The number of amides is 3. The Kier molecular flexibility index (Phi) is 6.87. The molecule has 42 heavy (non-hydrogen) atoms.